The fourth-order valence-electron chi connectivity index (χ4n) is 7.90. The van der Waals surface area contributed by atoms with Gasteiger partial charge in [0.15, 0.2) is 12.0 Å². The van der Waals surface area contributed by atoms with Crippen LogP contribution in [0.25, 0.3) is 0 Å². The van der Waals surface area contributed by atoms with Crippen LogP contribution in [0.2, 0.25) is 0 Å². The summed E-state index contributed by atoms with van der Waals surface area (Å²) in [6.45, 7) is 3.08. The Morgan fingerprint density at radius 3 is 1.73 bits per heavy atom. The molecule has 1 amide bonds. The molecule has 0 bridgehead atoms. The number of aromatic nitrogens is 2. The summed E-state index contributed by atoms with van der Waals surface area (Å²) in [7, 11) is -4.91. The molecule has 0 saturated carbocycles. The molecule has 0 spiro atoms. The maximum absolute atomic E-state index is 13.7. The van der Waals surface area contributed by atoms with Gasteiger partial charge in [-0.25, -0.2) is 9.59 Å². The average Bonchev–Trinajstić information content (AvgIpc) is 3.80. The molecule has 4 heterocycles. The average molecular weight is 930 g/mol. The lowest BCUT2D eigenvalue weighted by Gasteiger charge is -2.45. The van der Waals surface area contributed by atoms with E-state index in [4.69, 9.17) is 46.8 Å². The number of benzene rings is 4. The fraction of sp³-hybridized carbons (Fsp3) is 0.383. The molecule has 0 aliphatic carbocycles. The lowest BCUT2D eigenvalue weighted by Crippen LogP contribution is -2.62. The van der Waals surface area contributed by atoms with Gasteiger partial charge in [0.25, 0.3) is 5.56 Å². The van der Waals surface area contributed by atoms with E-state index in [9.17, 15) is 22.8 Å². The monoisotopic (exact) mass is 929 g/mol. The second-order valence-electron chi connectivity index (χ2n) is 16.2. The van der Waals surface area contributed by atoms with Crippen LogP contribution >= 0.6 is 0 Å². The summed E-state index contributed by atoms with van der Waals surface area (Å²) >= 11 is 0. The lowest BCUT2D eigenvalue weighted by molar-refractivity contribution is -0.315. The molecular formula is C47H51N3O15S. The van der Waals surface area contributed by atoms with Crippen LogP contribution in [0.4, 0.5) is 4.79 Å². The van der Waals surface area contributed by atoms with Crippen LogP contribution in [-0.2, 0) is 83.5 Å². The van der Waals surface area contributed by atoms with Gasteiger partial charge in [-0.2, -0.15) is 13.1 Å². The van der Waals surface area contributed by atoms with Crippen LogP contribution in [-0.4, -0.2) is 92.1 Å². The molecule has 8 rings (SSSR count). The first kappa shape index (κ1) is 46.9. The molecule has 1 aromatic heterocycles. The molecule has 5 aromatic rings. The molecule has 0 radical (unpaired) electrons. The van der Waals surface area contributed by atoms with Gasteiger partial charge in [-0.15, -0.1) is 0 Å². The fourth-order valence-corrected chi connectivity index (χ4v) is 8.53. The summed E-state index contributed by atoms with van der Waals surface area (Å²) in [4.78, 5) is 40.3. The molecule has 66 heavy (non-hydrogen) atoms. The zero-order chi connectivity index (χ0) is 46.1. The molecule has 350 valence electrons. The summed E-state index contributed by atoms with van der Waals surface area (Å²) in [5.74, 6) is -1.14. The van der Waals surface area contributed by atoms with Crippen molar-refractivity contribution in [2.75, 3.05) is 13.2 Å². The van der Waals surface area contributed by atoms with Crippen molar-refractivity contribution in [1.82, 2.24) is 14.3 Å². The molecule has 18 nitrogen and oxygen atoms in total. The van der Waals surface area contributed by atoms with Gasteiger partial charge < -0.3 is 42.6 Å². The summed E-state index contributed by atoms with van der Waals surface area (Å²) in [6.07, 6.45) is -9.79. The van der Waals surface area contributed by atoms with Crippen LogP contribution in [0.5, 0.6) is 0 Å². The standard InChI is InChI=1S/C47H51N3O15S/c1-47(2)64-39-36(61-43(41(39)65-47)50-24-23-37(51)48-45(50)52)30-60-66(54,55)49-46(53)63-44-42(59-28-34-21-13-6-14-22-34)40(58-27-33-19-11-5-12-20-33)38(57-26-32-17-9-4-10-18-32)35(62-44)29-56-25-31-15-7-3-8-16-31/h3-24,35-36,38-44H,25-30H2,1-2H3,(H,49,53)(H,48,51,52)/t35-,36-,38-,39-,40+,41-,42-,43-,44-/m1/s1. The largest absolute Gasteiger partial charge is 0.425 e. The maximum atomic E-state index is 13.7. The number of ether oxygens (including phenoxy) is 9. The molecular weight excluding hydrogens is 879 g/mol. The Labute approximate surface area is 380 Å². The second-order valence-corrected chi connectivity index (χ2v) is 17.6. The van der Waals surface area contributed by atoms with E-state index in [1.165, 1.54) is 6.20 Å². The van der Waals surface area contributed by atoms with Gasteiger partial charge in [-0.3, -0.25) is 18.5 Å². The number of nitrogens with zero attached hydrogens (tertiary/aromatic N) is 1. The zero-order valence-corrected chi connectivity index (χ0v) is 36.9. The van der Waals surface area contributed by atoms with Gasteiger partial charge in [0.1, 0.15) is 42.7 Å². The molecule has 3 aliphatic heterocycles. The number of rotatable bonds is 19. The maximum Gasteiger partial charge on any atom is 0.425 e. The topological polar surface area (TPSA) is 210 Å². The molecule has 4 aromatic carbocycles. The van der Waals surface area contributed by atoms with Gasteiger partial charge in [0.2, 0.25) is 6.29 Å². The number of carbonyl (C=O) groups is 1. The number of amides is 1. The van der Waals surface area contributed by atoms with E-state index in [-0.39, 0.29) is 33.0 Å². The highest BCUT2D eigenvalue weighted by Crippen LogP contribution is 2.43. The number of hydrogen-bond donors (Lipinski definition) is 2. The van der Waals surface area contributed by atoms with E-state index in [1.807, 2.05) is 121 Å². The zero-order valence-electron chi connectivity index (χ0n) is 36.1. The lowest BCUT2D eigenvalue weighted by atomic mass is 9.97. The summed E-state index contributed by atoms with van der Waals surface area (Å²) in [5.41, 5.74) is 2.02. The van der Waals surface area contributed by atoms with Crippen molar-refractivity contribution >= 4 is 16.4 Å². The Kier molecular flexibility index (Phi) is 15.2. The van der Waals surface area contributed by atoms with Gasteiger partial charge in [0, 0.05) is 12.3 Å². The van der Waals surface area contributed by atoms with Crippen LogP contribution < -0.4 is 16.0 Å². The Bertz CT molecular complexity index is 2570. The second kappa shape index (κ2) is 21.4. The highest BCUT2D eigenvalue weighted by Gasteiger charge is 2.56. The Balaban J connectivity index is 1.02. The number of nitrogens with one attached hydrogen (secondary N) is 2. The first-order valence-corrected chi connectivity index (χ1v) is 22.7. The number of aromatic amines is 1. The molecule has 3 aliphatic rings. The summed E-state index contributed by atoms with van der Waals surface area (Å²) in [6, 6.07) is 38.9. The van der Waals surface area contributed by atoms with E-state index in [1.54, 1.807) is 18.6 Å². The van der Waals surface area contributed by atoms with Crippen LogP contribution in [0.3, 0.4) is 0 Å². The van der Waals surface area contributed by atoms with Gasteiger partial charge in [-0.05, 0) is 36.1 Å². The normalized spacial score (nSPS) is 25.8. The minimum atomic E-state index is -4.91. The van der Waals surface area contributed by atoms with Crippen molar-refractivity contribution in [1.29, 1.82) is 0 Å². The highest BCUT2D eigenvalue weighted by molar-refractivity contribution is 7.85. The third kappa shape index (κ3) is 12.2. The summed E-state index contributed by atoms with van der Waals surface area (Å²) in [5, 5.41) is 0. The van der Waals surface area contributed by atoms with Crippen molar-refractivity contribution in [2.24, 2.45) is 0 Å². The predicted octanol–water partition coefficient (Wildman–Crippen LogP) is 4.64. The number of H-pyrrole nitrogens is 1. The molecule has 9 atom stereocenters. The predicted molar refractivity (Wildman–Crippen MR) is 233 cm³/mol. The Morgan fingerprint density at radius 1 is 0.652 bits per heavy atom. The minimum absolute atomic E-state index is 0.0296. The van der Waals surface area contributed by atoms with Crippen molar-refractivity contribution in [2.45, 2.75) is 101 Å². The van der Waals surface area contributed by atoms with Crippen molar-refractivity contribution in [3.63, 3.8) is 0 Å². The van der Waals surface area contributed by atoms with E-state index >= 15 is 0 Å². The number of hydrogen-bond acceptors (Lipinski definition) is 15. The van der Waals surface area contributed by atoms with Crippen LogP contribution in [0, 0.1) is 0 Å². The third-order valence-corrected chi connectivity index (χ3v) is 11.8. The van der Waals surface area contributed by atoms with E-state index in [2.05, 4.69) is 4.98 Å². The number of fused-ring (bicyclic) bond motifs is 1. The first-order valence-electron chi connectivity index (χ1n) is 21.3. The van der Waals surface area contributed by atoms with E-state index < -0.39 is 95.3 Å². The molecule has 0 unspecified atom stereocenters. The van der Waals surface area contributed by atoms with Crippen molar-refractivity contribution < 1.29 is 60.0 Å². The third-order valence-electron chi connectivity index (χ3n) is 10.9. The molecule has 2 N–H and O–H groups in total. The molecule has 3 saturated heterocycles. The van der Waals surface area contributed by atoms with Crippen molar-refractivity contribution in [3.8, 4) is 0 Å². The molecule has 3 fully saturated rings. The van der Waals surface area contributed by atoms with E-state index in [0.29, 0.717) is 0 Å². The number of carbonyl (C=O) groups excluding carboxylic acids is 1. The summed E-state index contributed by atoms with van der Waals surface area (Å²) < 4.78 is 91.3. The quantitative estimate of drug-likeness (QED) is 0.116. The minimum Gasteiger partial charge on any atom is -0.416 e. The molecule has 19 heteroatoms. The SMILES string of the molecule is CC1(C)O[C@@H]2[C@H](O1)[C@@H](COS(=O)(=O)NC(=O)O[C@H]1O[C@H](COCc3ccccc3)[C@@H](OCc3ccccc3)[C@H](OCc3ccccc3)[C@H]1OCc1ccccc1)O[C@H]2n1ccc(=O)[nH]c1=O. The van der Waals surface area contributed by atoms with Crippen LogP contribution in [0.15, 0.2) is 143 Å². The van der Waals surface area contributed by atoms with E-state index in [0.717, 1.165) is 32.9 Å². The van der Waals surface area contributed by atoms with Gasteiger partial charge in [-0.1, -0.05) is 121 Å². The first-order chi connectivity index (χ1) is 31.9. The Morgan fingerprint density at radius 2 is 1.17 bits per heavy atom. The van der Waals surface area contributed by atoms with Gasteiger partial charge in [0.05, 0.1) is 39.6 Å². The van der Waals surface area contributed by atoms with Crippen molar-refractivity contribution in [3.05, 3.63) is 177 Å². The Hall–Kier alpha value is -5.58. The smallest absolute Gasteiger partial charge is 0.416 e. The highest BCUT2D eigenvalue weighted by atomic mass is 32.2. The van der Waals surface area contributed by atoms with Crippen LogP contribution in [0.1, 0.15) is 42.3 Å². The van der Waals surface area contributed by atoms with Gasteiger partial charge >= 0.3 is 22.1 Å².